The molecular weight excluding hydrogens is 290 g/mol. The Morgan fingerprint density at radius 1 is 1.10 bits per heavy atom. The topological polar surface area (TPSA) is 66.4 Å². The van der Waals surface area contributed by atoms with Crippen LogP contribution in [0.5, 0.6) is 0 Å². The van der Waals surface area contributed by atoms with Crippen molar-refractivity contribution in [3.63, 3.8) is 0 Å². The molecule has 0 aliphatic heterocycles. The number of benzene rings is 2. The zero-order valence-electron chi connectivity index (χ0n) is 11.1. The third-order valence-electron chi connectivity index (χ3n) is 2.97. The molecule has 1 unspecified atom stereocenters. The summed E-state index contributed by atoms with van der Waals surface area (Å²) >= 11 is 5.85. The molecule has 4 nitrogen and oxygen atoms in total. The van der Waals surface area contributed by atoms with Crippen LogP contribution in [0.15, 0.2) is 54.6 Å². The number of carboxylic acids is 1. The van der Waals surface area contributed by atoms with E-state index in [4.69, 9.17) is 16.7 Å². The molecule has 0 saturated carbocycles. The predicted molar refractivity (Wildman–Crippen MR) is 80.4 cm³/mol. The van der Waals surface area contributed by atoms with E-state index in [0.717, 1.165) is 5.56 Å². The van der Waals surface area contributed by atoms with Gasteiger partial charge in [0.25, 0.3) is 5.91 Å². The van der Waals surface area contributed by atoms with Crippen molar-refractivity contribution in [2.75, 3.05) is 0 Å². The second kappa shape index (κ2) is 6.90. The molecule has 0 aliphatic rings. The van der Waals surface area contributed by atoms with E-state index >= 15 is 0 Å². The highest BCUT2D eigenvalue weighted by atomic mass is 35.5. The van der Waals surface area contributed by atoms with Crippen LogP contribution in [0.3, 0.4) is 0 Å². The summed E-state index contributed by atoms with van der Waals surface area (Å²) in [6, 6.07) is 14.9. The fourth-order valence-corrected chi connectivity index (χ4v) is 2.17. The Balaban J connectivity index is 2.19. The minimum absolute atomic E-state index is 0.184. The first-order valence-corrected chi connectivity index (χ1v) is 6.77. The van der Waals surface area contributed by atoms with Crippen LogP contribution in [0.2, 0.25) is 5.02 Å². The van der Waals surface area contributed by atoms with Crippen molar-refractivity contribution >= 4 is 23.5 Å². The van der Waals surface area contributed by atoms with E-state index < -0.39 is 12.0 Å². The maximum Gasteiger partial charge on any atom is 0.305 e. The molecule has 21 heavy (non-hydrogen) atoms. The molecular formula is C16H14ClNO3. The molecule has 5 heteroatoms. The highest BCUT2D eigenvalue weighted by molar-refractivity contribution is 6.30. The fourth-order valence-electron chi connectivity index (χ4n) is 1.98. The van der Waals surface area contributed by atoms with Gasteiger partial charge in [-0.1, -0.05) is 48.0 Å². The molecule has 0 aliphatic carbocycles. The van der Waals surface area contributed by atoms with Gasteiger partial charge in [-0.25, -0.2) is 0 Å². The van der Waals surface area contributed by atoms with Crippen molar-refractivity contribution < 1.29 is 14.7 Å². The molecule has 0 fully saturated rings. The number of halogens is 1. The van der Waals surface area contributed by atoms with Crippen LogP contribution in [-0.4, -0.2) is 17.0 Å². The van der Waals surface area contributed by atoms with Gasteiger partial charge in [-0.3, -0.25) is 9.59 Å². The Bertz CT molecular complexity index is 643. The van der Waals surface area contributed by atoms with Crippen molar-refractivity contribution in [1.82, 2.24) is 5.32 Å². The zero-order chi connectivity index (χ0) is 15.2. The van der Waals surface area contributed by atoms with Crippen LogP contribution in [0.1, 0.15) is 28.4 Å². The molecule has 0 saturated heterocycles. The summed E-state index contributed by atoms with van der Waals surface area (Å²) in [7, 11) is 0. The average Bonchev–Trinajstić information content (AvgIpc) is 2.47. The van der Waals surface area contributed by atoms with Gasteiger partial charge in [-0.05, 0) is 23.8 Å². The van der Waals surface area contributed by atoms with Crippen LogP contribution in [0.25, 0.3) is 0 Å². The summed E-state index contributed by atoms with van der Waals surface area (Å²) in [5.41, 5.74) is 1.14. The van der Waals surface area contributed by atoms with Gasteiger partial charge in [0.15, 0.2) is 0 Å². The lowest BCUT2D eigenvalue weighted by Gasteiger charge is -2.17. The van der Waals surface area contributed by atoms with E-state index in [1.807, 2.05) is 6.07 Å². The summed E-state index contributed by atoms with van der Waals surface area (Å²) in [6.45, 7) is 0. The molecule has 0 bridgehead atoms. The van der Waals surface area contributed by atoms with Crippen LogP contribution in [-0.2, 0) is 4.79 Å². The van der Waals surface area contributed by atoms with Gasteiger partial charge in [-0.15, -0.1) is 0 Å². The lowest BCUT2D eigenvalue weighted by Crippen LogP contribution is -2.30. The molecule has 2 N–H and O–H groups in total. The van der Waals surface area contributed by atoms with Gasteiger partial charge in [0.2, 0.25) is 0 Å². The predicted octanol–water partition coefficient (Wildman–Crippen LogP) is 3.29. The second-order valence-corrected chi connectivity index (χ2v) is 4.98. The molecule has 0 spiro atoms. The molecule has 2 aromatic carbocycles. The summed E-state index contributed by atoms with van der Waals surface area (Å²) in [5, 5.41) is 12.2. The zero-order valence-corrected chi connectivity index (χ0v) is 11.9. The van der Waals surface area contributed by atoms with Gasteiger partial charge < -0.3 is 10.4 Å². The Hall–Kier alpha value is -2.33. The summed E-state index contributed by atoms with van der Waals surface area (Å²) < 4.78 is 0. The molecule has 2 aromatic rings. The Labute approximate surface area is 127 Å². The molecule has 0 heterocycles. The monoisotopic (exact) mass is 303 g/mol. The van der Waals surface area contributed by atoms with Crippen LogP contribution in [0, 0.1) is 0 Å². The van der Waals surface area contributed by atoms with Crippen molar-refractivity contribution in [2.45, 2.75) is 12.5 Å². The normalized spacial score (nSPS) is 11.7. The number of carboxylic acid groups (broad SMARTS) is 1. The van der Waals surface area contributed by atoms with E-state index in [1.54, 1.807) is 48.5 Å². The molecule has 0 radical (unpaired) electrons. The van der Waals surface area contributed by atoms with E-state index in [2.05, 4.69) is 5.32 Å². The van der Waals surface area contributed by atoms with Gasteiger partial charge in [0.05, 0.1) is 12.5 Å². The quantitative estimate of drug-likeness (QED) is 0.890. The number of aliphatic carboxylic acids is 1. The Morgan fingerprint density at radius 3 is 2.43 bits per heavy atom. The van der Waals surface area contributed by atoms with E-state index in [0.29, 0.717) is 10.6 Å². The summed E-state index contributed by atoms with van der Waals surface area (Å²) in [5.74, 6) is -1.33. The Morgan fingerprint density at radius 2 is 1.81 bits per heavy atom. The fraction of sp³-hybridized carbons (Fsp3) is 0.125. The van der Waals surface area contributed by atoms with Gasteiger partial charge in [0, 0.05) is 10.6 Å². The van der Waals surface area contributed by atoms with Crippen molar-refractivity contribution in [3.8, 4) is 0 Å². The smallest absolute Gasteiger partial charge is 0.305 e. The number of carbonyl (C=O) groups excluding carboxylic acids is 1. The molecule has 108 valence electrons. The molecule has 1 atom stereocenters. The van der Waals surface area contributed by atoms with E-state index in [1.165, 1.54) is 0 Å². The second-order valence-electron chi connectivity index (χ2n) is 4.54. The summed E-state index contributed by atoms with van der Waals surface area (Å²) in [4.78, 5) is 23.2. The SMILES string of the molecule is O=C(O)CC(NC(=O)c1cccc(Cl)c1)c1ccccc1. The van der Waals surface area contributed by atoms with Gasteiger partial charge in [-0.2, -0.15) is 0 Å². The van der Waals surface area contributed by atoms with Gasteiger partial charge in [0.1, 0.15) is 0 Å². The van der Waals surface area contributed by atoms with Crippen LogP contribution < -0.4 is 5.32 Å². The molecule has 2 rings (SSSR count). The third kappa shape index (κ3) is 4.33. The number of amides is 1. The van der Waals surface area contributed by atoms with Crippen molar-refractivity contribution in [3.05, 3.63) is 70.7 Å². The average molecular weight is 304 g/mol. The lowest BCUT2D eigenvalue weighted by atomic mass is 10.0. The largest absolute Gasteiger partial charge is 0.481 e. The molecule has 0 aromatic heterocycles. The minimum Gasteiger partial charge on any atom is -0.481 e. The first-order valence-electron chi connectivity index (χ1n) is 6.39. The number of rotatable bonds is 5. The van der Waals surface area contributed by atoms with E-state index in [-0.39, 0.29) is 12.3 Å². The van der Waals surface area contributed by atoms with Crippen LogP contribution in [0.4, 0.5) is 0 Å². The minimum atomic E-state index is -0.977. The number of nitrogens with one attached hydrogen (secondary N) is 1. The first-order chi connectivity index (χ1) is 10.1. The molecule has 1 amide bonds. The number of hydrogen-bond donors (Lipinski definition) is 2. The Kier molecular flexibility index (Phi) is 4.95. The number of carbonyl (C=O) groups is 2. The summed E-state index contributed by atoms with van der Waals surface area (Å²) in [6.07, 6.45) is -0.184. The standard InChI is InChI=1S/C16H14ClNO3/c17-13-8-4-7-12(9-13)16(21)18-14(10-15(19)20)11-5-2-1-3-6-11/h1-9,14H,10H2,(H,18,21)(H,19,20). The van der Waals surface area contributed by atoms with Crippen molar-refractivity contribution in [2.24, 2.45) is 0 Å². The highest BCUT2D eigenvalue weighted by Crippen LogP contribution is 2.18. The lowest BCUT2D eigenvalue weighted by molar-refractivity contribution is -0.137. The van der Waals surface area contributed by atoms with E-state index in [9.17, 15) is 9.59 Å². The van der Waals surface area contributed by atoms with Crippen LogP contribution >= 0.6 is 11.6 Å². The van der Waals surface area contributed by atoms with Crippen molar-refractivity contribution in [1.29, 1.82) is 0 Å². The maximum absolute atomic E-state index is 12.2. The highest BCUT2D eigenvalue weighted by Gasteiger charge is 2.18. The third-order valence-corrected chi connectivity index (χ3v) is 3.21. The first kappa shape index (κ1) is 15.1. The number of hydrogen-bond acceptors (Lipinski definition) is 2. The van der Waals surface area contributed by atoms with Gasteiger partial charge >= 0.3 is 5.97 Å². The maximum atomic E-state index is 12.2.